The number of para-hydroxylation sites is 2. The number of aliphatic hydroxyl groups is 1. The topological polar surface area (TPSA) is 149 Å². The Morgan fingerprint density at radius 2 is 1.97 bits per heavy atom. The summed E-state index contributed by atoms with van der Waals surface area (Å²) >= 11 is 0. The molecule has 0 spiro atoms. The summed E-state index contributed by atoms with van der Waals surface area (Å²) in [7, 11) is 3.26. The van der Waals surface area contributed by atoms with Crippen LogP contribution >= 0.6 is 0 Å². The van der Waals surface area contributed by atoms with Crippen molar-refractivity contribution in [1.82, 2.24) is 24.8 Å². The van der Waals surface area contributed by atoms with E-state index in [1.165, 1.54) is 21.6 Å². The molecule has 0 radical (unpaired) electrons. The number of aromatic amines is 1. The molecule has 1 aromatic carbocycles. The number of fused-ring (bicyclic) bond motifs is 1. The summed E-state index contributed by atoms with van der Waals surface area (Å²) in [6.07, 6.45) is 5.53. The van der Waals surface area contributed by atoms with Crippen molar-refractivity contribution in [1.29, 1.82) is 0 Å². The van der Waals surface area contributed by atoms with Gasteiger partial charge in [-0.1, -0.05) is 18.2 Å². The van der Waals surface area contributed by atoms with Gasteiger partial charge in [0.15, 0.2) is 0 Å². The lowest BCUT2D eigenvalue weighted by Gasteiger charge is -2.18. The van der Waals surface area contributed by atoms with Gasteiger partial charge in [-0.2, -0.15) is 0 Å². The van der Waals surface area contributed by atoms with E-state index < -0.39 is 23.4 Å². The van der Waals surface area contributed by atoms with Gasteiger partial charge in [-0.05, 0) is 49.6 Å². The molecule has 1 unspecified atom stereocenters. The van der Waals surface area contributed by atoms with Crippen molar-refractivity contribution in [2.24, 2.45) is 0 Å². The standard InChI is InChI=1S/C26H32N6O5/c1-31(2)24(35)14-6-5-11-20(29-23(34)13-8-16-33)25(36)30-21-12-7-15-32(26(21)37)17-22-27-18-9-3-4-10-19(18)28-22/h3-4,6-7,9-10,12,14-15,20,33H,5,8,11,13,16-17H2,1-2H3,(H,27,28)(H,29,34)(H,30,36)/b14-6+. The highest BCUT2D eigenvalue weighted by Crippen LogP contribution is 2.11. The molecular formula is C26H32N6O5. The van der Waals surface area contributed by atoms with Gasteiger partial charge < -0.3 is 30.2 Å². The number of likely N-dealkylation sites (N-methyl/N-ethyl adjacent to an activating group) is 1. The highest BCUT2D eigenvalue weighted by molar-refractivity contribution is 5.97. The number of nitrogens with zero attached hydrogens (tertiary/aromatic N) is 3. The van der Waals surface area contributed by atoms with E-state index in [-0.39, 0.29) is 44.0 Å². The molecule has 0 saturated heterocycles. The van der Waals surface area contributed by atoms with Crippen LogP contribution in [0.2, 0.25) is 0 Å². The number of hydrogen-bond acceptors (Lipinski definition) is 6. The molecule has 0 fully saturated rings. The van der Waals surface area contributed by atoms with Crippen molar-refractivity contribution in [3.05, 3.63) is 70.9 Å². The molecule has 37 heavy (non-hydrogen) atoms. The van der Waals surface area contributed by atoms with Crippen LogP contribution in [0, 0.1) is 0 Å². The number of hydrogen-bond donors (Lipinski definition) is 4. The van der Waals surface area contributed by atoms with E-state index >= 15 is 0 Å². The second-order valence-electron chi connectivity index (χ2n) is 8.70. The average Bonchev–Trinajstić information content (AvgIpc) is 3.29. The number of carbonyl (C=O) groups is 3. The number of aliphatic hydroxyl groups excluding tert-OH is 1. The lowest BCUT2D eigenvalue weighted by molar-refractivity contribution is -0.126. The first-order valence-electron chi connectivity index (χ1n) is 12.0. The Kier molecular flexibility index (Phi) is 9.73. The zero-order valence-electron chi connectivity index (χ0n) is 20.9. The molecule has 0 aliphatic carbocycles. The number of anilines is 1. The minimum atomic E-state index is -0.936. The molecule has 3 rings (SSSR count). The molecule has 3 aromatic rings. The molecule has 11 nitrogen and oxygen atoms in total. The van der Waals surface area contributed by atoms with Crippen LogP contribution in [0.4, 0.5) is 5.69 Å². The molecule has 0 aliphatic heterocycles. The second kappa shape index (κ2) is 13.2. The van der Waals surface area contributed by atoms with E-state index in [4.69, 9.17) is 5.11 Å². The highest BCUT2D eigenvalue weighted by atomic mass is 16.3. The van der Waals surface area contributed by atoms with Crippen molar-refractivity contribution in [2.75, 3.05) is 26.0 Å². The number of amides is 3. The van der Waals surface area contributed by atoms with Crippen molar-refractivity contribution >= 4 is 34.4 Å². The smallest absolute Gasteiger partial charge is 0.274 e. The Hall–Kier alpha value is -4.25. The zero-order valence-corrected chi connectivity index (χ0v) is 20.9. The maximum Gasteiger partial charge on any atom is 0.274 e. The lowest BCUT2D eigenvalue weighted by Crippen LogP contribution is -2.44. The Labute approximate surface area is 214 Å². The third-order valence-electron chi connectivity index (χ3n) is 5.57. The number of imidazole rings is 1. The van der Waals surface area contributed by atoms with E-state index in [1.54, 1.807) is 32.4 Å². The van der Waals surface area contributed by atoms with E-state index in [0.29, 0.717) is 12.2 Å². The lowest BCUT2D eigenvalue weighted by atomic mass is 10.1. The Balaban J connectivity index is 1.72. The van der Waals surface area contributed by atoms with Crippen LogP contribution in [-0.2, 0) is 20.9 Å². The van der Waals surface area contributed by atoms with Crippen molar-refractivity contribution in [3.63, 3.8) is 0 Å². The number of benzene rings is 1. The van der Waals surface area contributed by atoms with Crippen molar-refractivity contribution in [3.8, 4) is 0 Å². The van der Waals surface area contributed by atoms with E-state index in [2.05, 4.69) is 20.6 Å². The summed E-state index contributed by atoms with van der Waals surface area (Å²) in [5.41, 5.74) is 1.29. The van der Waals surface area contributed by atoms with E-state index in [9.17, 15) is 19.2 Å². The number of pyridine rings is 1. The number of H-pyrrole nitrogens is 1. The van der Waals surface area contributed by atoms with Crippen LogP contribution in [0.3, 0.4) is 0 Å². The van der Waals surface area contributed by atoms with Gasteiger partial charge in [0.05, 0.1) is 17.6 Å². The zero-order chi connectivity index (χ0) is 26.8. The van der Waals surface area contributed by atoms with Gasteiger partial charge >= 0.3 is 0 Å². The highest BCUT2D eigenvalue weighted by Gasteiger charge is 2.21. The van der Waals surface area contributed by atoms with Gasteiger partial charge in [-0.3, -0.25) is 19.2 Å². The minimum absolute atomic E-state index is 0.0604. The normalized spacial score (nSPS) is 12.0. The summed E-state index contributed by atoms with van der Waals surface area (Å²) in [5.74, 6) is -0.539. The van der Waals surface area contributed by atoms with Crippen LogP contribution < -0.4 is 16.2 Å². The maximum absolute atomic E-state index is 13.1. The quantitative estimate of drug-likeness (QED) is 0.272. The van der Waals surface area contributed by atoms with Gasteiger partial charge in [0, 0.05) is 33.3 Å². The molecule has 0 aliphatic rings. The van der Waals surface area contributed by atoms with Gasteiger partial charge in [0.2, 0.25) is 17.7 Å². The van der Waals surface area contributed by atoms with Crippen LogP contribution in [0.1, 0.15) is 31.5 Å². The SMILES string of the molecule is CN(C)C(=O)/C=C/CCC(NC(=O)CCCO)C(=O)Nc1cccn(Cc2nc3ccccc3[nH]2)c1=O. The van der Waals surface area contributed by atoms with Crippen molar-refractivity contribution in [2.45, 2.75) is 38.3 Å². The number of nitrogens with one attached hydrogen (secondary N) is 3. The average molecular weight is 509 g/mol. The largest absolute Gasteiger partial charge is 0.396 e. The van der Waals surface area contributed by atoms with Gasteiger partial charge in [-0.15, -0.1) is 0 Å². The third kappa shape index (κ3) is 7.87. The van der Waals surface area contributed by atoms with Crippen LogP contribution in [0.25, 0.3) is 11.0 Å². The molecule has 1 atom stereocenters. The van der Waals surface area contributed by atoms with Gasteiger partial charge in [0.1, 0.15) is 17.6 Å². The molecule has 0 bridgehead atoms. The van der Waals surface area contributed by atoms with Gasteiger partial charge in [-0.25, -0.2) is 4.98 Å². The summed E-state index contributed by atoms with van der Waals surface area (Å²) < 4.78 is 1.43. The van der Waals surface area contributed by atoms with E-state index in [0.717, 1.165) is 11.0 Å². The number of carbonyl (C=O) groups excluding carboxylic acids is 3. The molecule has 2 heterocycles. The second-order valence-corrected chi connectivity index (χ2v) is 8.70. The number of rotatable bonds is 12. The first-order chi connectivity index (χ1) is 17.8. The predicted molar refractivity (Wildman–Crippen MR) is 140 cm³/mol. The molecule has 2 aromatic heterocycles. The maximum atomic E-state index is 13.1. The first kappa shape index (κ1) is 27.3. The molecule has 3 amide bonds. The van der Waals surface area contributed by atoms with E-state index in [1.807, 2.05) is 24.3 Å². The van der Waals surface area contributed by atoms with Crippen LogP contribution in [0.15, 0.2) is 59.5 Å². The Morgan fingerprint density at radius 1 is 1.19 bits per heavy atom. The monoisotopic (exact) mass is 508 g/mol. The fourth-order valence-electron chi connectivity index (χ4n) is 3.59. The van der Waals surface area contributed by atoms with Crippen LogP contribution in [0.5, 0.6) is 0 Å². The first-order valence-corrected chi connectivity index (χ1v) is 12.0. The fraction of sp³-hybridized carbons (Fsp3) is 0.346. The van der Waals surface area contributed by atoms with Crippen molar-refractivity contribution < 1.29 is 19.5 Å². The Morgan fingerprint density at radius 3 is 2.70 bits per heavy atom. The minimum Gasteiger partial charge on any atom is -0.396 e. The molecule has 4 N–H and O–H groups in total. The summed E-state index contributed by atoms with van der Waals surface area (Å²) in [6, 6.07) is 9.74. The molecule has 196 valence electrons. The summed E-state index contributed by atoms with van der Waals surface area (Å²) in [5, 5.41) is 14.3. The fourth-order valence-corrected chi connectivity index (χ4v) is 3.59. The molecule has 0 saturated carbocycles. The third-order valence-corrected chi connectivity index (χ3v) is 5.57. The predicted octanol–water partition coefficient (Wildman–Crippen LogP) is 1.39. The molecule has 11 heteroatoms. The Bertz CT molecular complexity index is 1290. The number of aromatic nitrogens is 3. The van der Waals surface area contributed by atoms with Crippen LogP contribution in [-0.4, -0.2) is 69.0 Å². The van der Waals surface area contributed by atoms with Gasteiger partial charge in [0.25, 0.3) is 5.56 Å². The molecular weight excluding hydrogens is 476 g/mol. The number of allylic oxidation sites excluding steroid dienone is 1. The summed E-state index contributed by atoms with van der Waals surface area (Å²) in [4.78, 5) is 59.2. The summed E-state index contributed by atoms with van der Waals surface area (Å²) in [6.45, 7) is 0.0394.